The Morgan fingerprint density at radius 1 is 1.26 bits per heavy atom. The Morgan fingerprint density at radius 2 is 1.91 bits per heavy atom. The number of nitrogens with one attached hydrogen (secondary N) is 1. The van der Waals surface area contributed by atoms with E-state index in [1.165, 1.54) is 19.4 Å². The molecule has 1 aromatic heterocycles. The molecule has 0 aromatic carbocycles. The van der Waals surface area contributed by atoms with Crippen LogP contribution < -0.4 is 15.2 Å². The zero-order valence-corrected chi connectivity index (χ0v) is 25.6. The molecule has 1 fully saturated rings. The number of anilines is 1. The number of hydrogen-bond donors (Lipinski definition) is 2. The summed E-state index contributed by atoms with van der Waals surface area (Å²) in [4.78, 5) is 23.8. The lowest BCUT2D eigenvalue weighted by atomic mass is 9.98. The number of carbonyl (C=O) groups is 1. The summed E-state index contributed by atoms with van der Waals surface area (Å²) < 4.78 is 71.7. The summed E-state index contributed by atoms with van der Waals surface area (Å²) in [7, 11) is -3.15. The number of allylic oxidation sites excluding steroid dienone is 4. The number of alkyl halides is 3. The highest BCUT2D eigenvalue weighted by Crippen LogP contribution is 2.36. The predicted molar refractivity (Wildman–Crippen MR) is 163 cm³/mol. The summed E-state index contributed by atoms with van der Waals surface area (Å²) in [6.07, 6.45) is 5.50. The highest BCUT2D eigenvalue weighted by Gasteiger charge is 2.33. The number of ether oxygens (including phenoxy) is 1. The van der Waals surface area contributed by atoms with Gasteiger partial charge in [0.25, 0.3) is 10.0 Å². The van der Waals surface area contributed by atoms with Crippen molar-refractivity contribution in [1.82, 2.24) is 9.88 Å². The van der Waals surface area contributed by atoms with E-state index < -0.39 is 26.7 Å². The second-order valence-electron chi connectivity index (χ2n) is 10.8. The molecule has 1 unspecified atom stereocenters. The molecule has 9 nitrogen and oxygen atoms in total. The number of nitrogens with zero attached hydrogens (tertiary/aromatic N) is 3. The monoisotopic (exact) mass is 621 g/mol. The highest BCUT2D eigenvalue weighted by atomic mass is 32.2. The molecule has 0 bridgehead atoms. The Hall–Kier alpha value is -3.87. The second-order valence-corrected chi connectivity index (χ2v) is 12.5. The molecular weight excluding hydrogens is 583 g/mol. The number of nitrogens with two attached hydrogens (primary N) is 1. The van der Waals surface area contributed by atoms with Gasteiger partial charge < -0.3 is 15.4 Å². The smallest absolute Gasteiger partial charge is 0.415 e. The Balaban J connectivity index is 2.00. The third-order valence-electron chi connectivity index (χ3n) is 7.08. The van der Waals surface area contributed by atoms with Gasteiger partial charge in [-0.25, -0.2) is 13.4 Å². The maximum absolute atomic E-state index is 13.7. The van der Waals surface area contributed by atoms with Crippen molar-refractivity contribution in [2.45, 2.75) is 64.7 Å². The number of sulfonamides is 1. The van der Waals surface area contributed by atoms with Crippen LogP contribution in [0.25, 0.3) is 5.57 Å². The number of carbonyl (C=O) groups excluding carboxylic acids is 1. The van der Waals surface area contributed by atoms with E-state index >= 15 is 0 Å². The number of pyridine rings is 1. The summed E-state index contributed by atoms with van der Waals surface area (Å²) in [6.45, 7) is 12.1. The van der Waals surface area contributed by atoms with Crippen molar-refractivity contribution in [3.05, 3.63) is 71.5 Å². The van der Waals surface area contributed by atoms with Gasteiger partial charge in [0.15, 0.2) is 5.78 Å². The van der Waals surface area contributed by atoms with Gasteiger partial charge in [0, 0.05) is 46.6 Å². The summed E-state index contributed by atoms with van der Waals surface area (Å²) >= 11 is 0. The van der Waals surface area contributed by atoms with Crippen LogP contribution in [0.1, 0.15) is 52.0 Å². The number of aromatic nitrogens is 1. The zero-order chi connectivity index (χ0) is 32.1. The first-order chi connectivity index (χ1) is 20.0. The van der Waals surface area contributed by atoms with E-state index in [1.807, 2.05) is 26.8 Å². The van der Waals surface area contributed by atoms with E-state index in [4.69, 9.17) is 10.5 Å². The second kappa shape index (κ2) is 13.6. The van der Waals surface area contributed by atoms with Crippen LogP contribution in [-0.2, 0) is 14.8 Å². The first-order valence-corrected chi connectivity index (χ1v) is 15.3. The minimum atomic E-state index is -4.72. The first-order valence-electron chi connectivity index (χ1n) is 13.8. The van der Waals surface area contributed by atoms with Crippen LogP contribution in [0.4, 0.5) is 18.9 Å². The normalized spacial score (nSPS) is 20.1. The van der Waals surface area contributed by atoms with Crippen LogP contribution in [0.2, 0.25) is 0 Å². The fourth-order valence-electron chi connectivity index (χ4n) is 4.96. The molecule has 1 atom stereocenters. The number of Topliss-reactive ketones (excluding diaryl/α,β-unsaturated/α-hetero) is 1. The lowest BCUT2D eigenvalue weighted by Crippen LogP contribution is -2.38. The fourth-order valence-corrected chi connectivity index (χ4v) is 5.77. The topological polar surface area (TPSA) is 127 Å². The Morgan fingerprint density at radius 3 is 2.49 bits per heavy atom. The number of halogens is 3. The van der Waals surface area contributed by atoms with E-state index in [2.05, 4.69) is 32.8 Å². The number of aliphatic imine (C=N–C) groups is 1. The molecule has 3 N–H and O–H groups in total. The third kappa shape index (κ3) is 8.59. The molecule has 1 aliphatic heterocycles. The molecule has 2 aliphatic rings. The van der Waals surface area contributed by atoms with Gasteiger partial charge in [0.05, 0.1) is 18.6 Å². The molecule has 2 heterocycles. The Kier molecular flexibility index (Phi) is 10.7. The average molecular weight is 622 g/mol. The van der Waals surface area contributed by atoms with Gasteiger partial charge in [-0.3, -0.25) is 14.5 Å². The van der Waals surface area contributed by atoms with Crippen LogP contribution in [0, 0.1) is 5.92 Å². The largest absolute Gasteiger partial charge is 0.480 e. The van der Waals surface area contributed by atoms with E-state index in [1.54, 1.807) is 6.08 Å². The third-order valence-corrected chi connectivity index (χ3v) is 8.39. The van der Waals surface area contributed by atoms with Crippen LogP contribution in [-0.4, -0.2) is 61.8 Å². The zero-order valence-electron chi connectivity index (χ0n) is 24.7. The van der Waals surface area contributed by atoms with Crippen molar-refractivity contribution >= 4 is 32.9 Å². The summed E-state index contributed by atoms with van der Waals surface area (Å²) in [5.41, 5.74) is 6.40. The molecule has 1 aromatic rings. The van der Waals surface area contributed by atoms with Gasteiger partial charge in [-0.05, 0) is 51.0 Å². The van der Waals surface area contributed by atoms with E-state index in [0.29, 0.717) is 29.1 Å². The van der Waals surface area contributed by atoms with E-state index in [9.17, 15) is 26.4 Å². The number of amidine groups is 1. The van der Waals surface area contributed by atoms with Crippen molar-refractivity contribution in [3.8, 4) is 5.88 Å². The van der Waals surface area contributed by atoms with Crippen molar-refractivity contribution in [2.75, 3.05) is 18.4 Å². The molecular formula is C30H38F3N5O4S. The van der Waals surface area contributed by atoms with Gasteiger partial charge >= 0.3 is 6.18 Å². The standard InChI is InChI=1S/C30H38F3N5O4S/c1-18(2)36-28(34)15-26-19(3)13-24(27(39)17-38(26)23-9-7-8-10-23)22-14-25(29(42-6)35-16-22)37-43(40,41)21(5)12-11-20(4)30(31,32)33/h11-16,18-19,23,37H,4-5,7-10,17H2,1-3,6H3,(H2,34,36)/b12-11-,26-15+. The predicted octanol–water partition coefficient (Wildman–Crippen LogP) is 5.52. The Labute approximate surface area is 250 Å². The number of hydrogen-bond acceptors (Lipinski definition) is 7. The number of methoxy groups -OCH3 is 1. The van der Waals surface area contributed by atoms with Crippen molar-refractivity contribution in [2.24, 2.45) is 16.6 Å². The maximum atomic E-state index is 13.7. The van der Waals surface area contributed by atoms with Crippen molar-refractivity contribution in [3.63, 3.8) is 0 Å². The number of ketones is 1. The molecule has 0 saturated heterocycles. The van der Waals surface area contributed by atoms with Crippen LogP contribution in [0.3, 0.4) is 0 Å². The molecule has 0 radical (unpaired) electrons. The van der Waals surface area contributed by atoms with E-state index in [-0.39, 0.29) is 41.9 Å². The van der Waals surface area contributed by atoms with Gasteiger partial charge in [0.2, 0.25) is 5.88 Å². The first kappa shape index (κ1) is 33.6. The van der Waals surface area contributed by atoms with Gasteiger partial charge in [-0.2, -0.15) is 13.2 Å². The Bertz CT molecular complexity index is 1490. The molecule has 43 heavy (non-hydrogen) atoms. The minimum Gasteiger partial charge on any atom is -0.480 e. The molecule has 1 saturated carbocycles. The molecule has 13 heteroatoms. The van der Waals surface area contributed by atoms with Crippen LogP contribution in [0.15, 0.2) is 70.9 Å². The lowest BCUT2D eigenvalue weighted by Gasteiger charge is -2.33. The molecule has 0 spiro atoms. The van der Waals surface area contributed by atoms with E-state index in [0.717, 1.165) is 31.4 Å². The maximum Gasteiger partial charge on any atom is 0.415 e. The highest BCUT2D eigenvalue weighted by molar-refractivity contribution is 7.96. The van der Waals surface area contributed by atoms with Crippen molar-refractivity contribution in [1.29, 1.82) is 0 Å². The molecule has 234 valence electrons. The van der Waals surface area contributed by atoms with Gasteiger partial charge in [-0.1, -0.05) is 39.0 Å². The number of rotatable bonds is 10. The SMILES string of the molecule is C=C(/C=C\C(=C)S(=O)(=O)Nc1cc(C2=CC(C)/C(=C\C(N)=NC(C)C)N(C3CCCC3)CC2=O)cnc1OC)C(F)(F)F. The molecule has 0 amide bonds. The average Bonchev–Trinajstić information content (AvgIpc) is 3.41. The summed E-state index contributed by atoms with van der Waals surface area (Å²) in [6, 6.07) is 1.56. The van der Waals surface area contributed by atoms with Gasteiger partial charge in [0.1, 0.15) is 11.5 Å². The molecule has 3 rings (SSSR count). The van der Waals surface area contributed by atoms with Crippen LogP contribution in [0.5, 0.6) is 5.88 Å². The summed E-state index contributed by atoms with van der Waals surface area (Å²) in [5.74, 6) is -0.193. The quantitative estimate of drug-likeness (QED) is 0.200. The minimum absolute atomic E-state index is 0.00629. The van der Waals surface area contributed by atoms with Crippen LogP contribution >= 0.6 is 0 Å². The lowest BCUT2D eigenvalue weighted by molar-refractivity contribution is -0.114. The van der Waals surface area contributed by atoms with Gasteiger partial charge in [-0.15, -0.1) is 0 Å². The summed E-state index contributed by atoms with van der Waals surface area (Å²) in [5, 5.41) is 0. The fraction of sp³-hybridized carbons (Fsp3) is 0.433. The molecule has 1 aliphatic carbocycles. The van der Waals surface area contributed by atoms with Crippen molar-refractivity contribution < 1.29 is 31.1 Å².